The lowest BCUT2D eigenvalue weighted by molar-refractivity contribution is 0.0403. The molecule has 1 heterocycles. The molecular formula is C13H17ClFNO. The topological polar surface area (TPSA) is 35.2 Å². The van der Waals surface area contributed by atoms with Crippen LogP contribution < -0.4 is 5.73 Å². The monoisotopic (exact) mass is 257 g/mol. The number of hydrogen-bond donors (Lipinski definition) is 1. The lowest BCUT2D eigenvalue weighted by atomic mass is 10.00. The molecule has 94 valence electrons. The van der Waals surface area contributed by atoms with E-state index in [4.69, 9.17) is 22.1 Å². The highest BCUT2D eigenvalue weighted by Gasteiger charge is 2.27. The van der Waals surface area contributed by atoms with Gasteiger partial charge in [0.15, 0.2) is 0 Å². The molecule has 1 aliphatic rings. The highest BCUT2D eigenvalue weighted by atomic mass is 35.5. The predicted molar refractivity (Wildman–Crippen MR) is 66.7 cm³/mol. The summed E-state index contributed by atoms with van der Waals surface area (Å²) in [6.45, 7) is 2.04. The number of ether oxygens (including phenoxy) is 1. The Morgan fingerprint density at radius 2 is 2.29 bits per heavy atom. The molecule has 1 aromatic carbocycles. The summed E-state index contributed by atoms with van der Waals surface area (Å²) < 4.78 is 19.3. The molecule has 0 amide bonds. The van der Waals surface area contributed by atoms with Gasteiger partial charge in [-0.1, -0.05) is 17.7 Å². The van der Waals surface area contributed by atoms with Crippen molar-refractivity contribution in [3.05, 3.63) is 34.6 Å². The van der Waals surface area contributed by atoms with Crippen molar-refractivity contribution in [1.82, 2.24) is 0 Å². The average Bonchev–Trinajstić information content (AvgIpc) is 2.69. The van der Waals surface area contributed by atoms with Crippen LogP contribution in [0.1, 0.15) is 25.3 Å². The molecule has 0 radical (unpaired) electrons. The molecular weight excluding hydrogens is 241 g/mol. The minimum Gasteiger partial charge on any atom is -0.374 e. The van der Waals surface area contributed by atoms with Crippen molar-refractivity contribution in [2.75, 3.05) is 0 Å². The quantitative estimate of drug-likeness (QED) is 0.904. The highest BCUT2D eigenvalue weighted by molar-refractivity contribution is 6.30. The second-order valence-electron chi connectivity index (χ2n) is 4.67. The molecule has 2 N–H and O–H groups in total. The van der Waals surface area contributed by atoms with E-state index in [1.165, 1.54) is 6.07 Å². The molecule has 0 spiro atoms. The van der Waals surface area contributed by atoms with Crippen LogP contribution in [-0.2, 0) is 11.2 Å². The third kappa shape index (κ3) is 3.18. The summed E-state index contributed by atoms with van der Waals surface area (Å²) in [5, 5.41) is 0.408. The van der Waals surface area contributed by atoms with Crippen LogP contribution in [-0.4, -0.2) is 18.2 Å². The molecule has 0 aliphatic carbocycles. The first-order valence-electron chi connectivity index (χ1n) is 5.91. The SMILES string of the molecule is CC1CCC(C(N)Cc2ccc(Cl)cc2F)O1. The van der Waals surface area contributed by atoms with Gasteiger partial charge in [-0.25, -0.2) is 4.39 Å². The van der Waals surface area contributed by atoms with Crippen LogP contribution >= 0.6 is 11.6 Å². The van der Waals surface area contributed by atoms with E-state index in [0.29, 0.717) is 17.0 Å². The fourth-order valence-electron chi connectivity index (χ4n) is 2.22. The van der Waals surface area contributed by atoms with Crippen molar-refractivity contribution in [3.8, 4) is 0 Å². The largest absolute Gasteiger partial charge is 0.374 e. The van der Waals surface area contributed by atoms with Gasteiger partial charge in [0, 0.05) is 11.1 Å². The number of hydrogen-bond acceptors (Lipinski definition) is 2. The van der Waals surface area contributed by atoms with Crippen molar-refractivity contribution in [1.29, 1.82) is 0 Å². The molecule has 3 unspecified atom stereocenters. The average molecular weight is 258 g/mol. The summed E-state index contributed by atoms with van der Waals surface area (Å²) >= 11 is 5.70. The van der Waals surface area contributed by atoms with Gasteiger partial charge in [-0.05, 0) is 43.9 Å². The Morgan fingerprint density at radius 3 is 2.88 bits per heavy atom. The normalized spacial score (nSPS) is 26.1. The Balaban J connectivity index is 2.00. The summed E-state index contributed by atoms with van der Waals surface area (Å²) in [7, 11) is 0. The summed E-state index contributed by atoms with van der Waals surface area (Å²) in [6.07, 6.45) is 2.78. The van der Waals surface area contributed by atoms with Gasteiger partial charge in [0.05, 0.1) is 12.2 Å². The van der Waals surface area contributed by atoms with Gasteiger partial charge in [0.2, 0.25) is 0 Å². The van der Waals surface area contributed by atoms with Gasteiger partial charge in [-0.3, -0.25) is 0 Å². The van der Waals surface area contributed by atoms with E-state index in [9.17, 15) is 4.39 Å². The summed E-state index contributed by atoms with van der Waals surface area (Å²) in [4.78, 5) is 0. The third-order valence-electron chi connectivity index (χ3n) is 3.21. The van der Waals surface area contributed by atoms with Crippen molar-refractivity contribution >= 4 is 11.6 Å². The Hall–Kier alpha value is -0.640. The molecule has 2 rings (SSSR count). The van der Waals surface area contributed by atoms with Crippen LogP contribution in [0.15, 0.2) is 18.2 Å². The molecule has 1 aliphatic heterocycles. The zero-order valence-electron chi connectivity index (χ0n) is 9.83. The van der Waals surface area contributed by atoms with Crippen LogP contribution in [0.3, 0.4) is 0 Å². The Kier molecular flexibility index (Phi) is 4.02. The Bertz CT molecular complexity index is 399. The van der Waals surface area contributed by atoms with E-state index in [1.54, 1.807) is 12.1 Å². The summed E-state index contributed by atoms with van der Waals surface area (Å²) in [5.74, 6) is -0.293. The number of halogens is 2. The van der Waals surface area contributed by atoms with Crippen LogP contribution in [0.2, 0.25) is 5.02 Å². The molecule has 2 nitrogen and oxygen atoms in total. The van der Waals surface area contributed by atoms with Crippen LogP contribution in [0.5, 0.6) is 0 Å². The molecule has 3 atom stereocenters. The molecule has 0 aromatic heterocycles. The van der Waals surface area contributed by atoms with E-state index in [-0.39, 0.29) is 24.1 Å². The fraction of sp³-hybridized carbons (Fsp3) is 0.538. The van der Waals surface area contributed by atoms with E-state index >= 15 is 0 Å². The molecule has 1 fully saturated rings. The van der Waals surface area contributed by atoms with Crippen LogP contribution in [0.25, 0.3) is 0 Å². The molecule has 0 saturated carbocycles. The van der Waals surface area contributed by atoms with Crippen molar-refractivity contribution in [3.63, 3.8) is 0 Å². The minimum absolute atomic E-state index is 0.0417. The van der Waals surface area contributed by atoms with Crippen molar-refractivity contribution < 1.29 is 9.13 Å². The highest BCUT2D eigenvalue weighted by Crippen LogP contribution is 2.23. The van der Waals surface area contributed by atoms with Gasteiger partial charge in [0.1, 0.15) is 5.82 Å². The fourth-order valence-corrected chi connectivity index (χ4v) is 2.38. The first-order chi connectivity index (χ1) is 8.06. The third-order valence-corrected chi connectivity index (χ3v) is 3.45. The maximum absolute atomic E-state index is 13.6. The standard InChI is InChI=1S/C13H17ClFNO/c1-8-2-5-13(17-8)12(16)6-9-3-4-10(14)7-11(9)15/h3-4,7-8,12-13H,2,5-6,16H2,1H3. The van der Waals surface area contributed by atoms with E-state index in [1.807, 2.05) is 6.92 Å². The zero-order chi connectivity index (χ0) is 12.4. The van der Waals surface area contributed by atoms with Crippen LogP contribution in [0, 0.1) is 5.82 Å². The lowest BCUT2D eigenvalue weighted by Crippen LogP contribution is -2.36. The van der Waals surface area contributed by atoms with Gasteiger partial charge in [-0.15, -0.1) is 0 Å². The zero-order valence-corrected chi connectivity index (χ0v) is 10.6. The van der Waals surface area contributed by atoms with E-state index < -0.39 is 0 Å². The summed E-state index contributed by atoms with van der Waals surface area (Å²) in [5.41, 5.74) is 6.66. The van der Waals surface area contributed by atoms with Gasteiger partial charge in [0.25, 0.3) is 0 Å². The van der Waals surface area contributed by atoms with Gasteiger partial charge >= 0.3 is 0 Å². The van der Waals surface area contributed by atoms with E-state index in [2.05, 4.69) is 0 Å². The van der Waals surface area contributed by atoms with E-state index in [0.717, 1.165) is 12.8 Å². The number of nitrogens with two attached hydrogens (primary N) is 1. The van der Waals surface area contributed by atoms with Gasteiger partial charge in [-0.2, -0.15) is 0 Å². The molecule has 1 saturated heterocycles. The Morgan fingerprint density at radius 1 is 1.53 bits per heavy atom. The molecule has 0 bridgehead atoms. The van der Waals surface area contributed by atoms with Crippen molar-refractivity contribution in [2.24, 2.45) is 5.73 Å². The van der Waals surface area contributed by atoms with Gasteiger partial charge < -0.3 is 10.5 Å². The van der Waals surface area contributed by atoms with Crippen molar-refractivity contribution in [2.45, 2.75) is 44.4 Å². The van der Waals surface area contributed by atoms with Crippen LogP contribution in [0.4, 0.5) is 4.39 Å². The summed E-state index contributed by atoms with van der Waals surface area (Å²) in [6, 6.07) is 4.54. The smallest absolute Gasteiger partial charge is 0.127 e. The second kappa shape index (κ2) is 5.34. The second-order valence-corrected chi connectivity index (χ2v) is 5.10. The Labute approximate surface area is 106 Å². The lowest BCUT2D eigenvalue weighted by Gasteiger charge is -2.19. The maximum atomic E-state index is 13.6. The molecule has 1 aromatic rings. The predicted octanol–water partition coefficient (Wildman–Crippen LogP) is 2.92. The maximum Gasteiger partial charge on any atom is 0.127 e. The first kappa shape index (κ1) is 12.8. The molecule has 4 heteroatoms. The molecule has 17 heavy (non-hydrogen) atoms. The minimum atomic E-state index is -0.293. The number of rotatable bonds is 3. The number of benzene rings is 1. The first-order valence-corrected chi connectivity index (χ1v) is 6.29.